The van der Waals surface area contributed by atoms with Gasteiger partial charge in [0.2, 0.25) is 5.82 Å². The molecule has 0 bridgehead atoms. The third kappa shape index (κ3) is 1.32. The molecule has 1 aromatic rings. The van der Waals surface area contributed by atoms with E-state index < -0.39 is 12.1 Å². The molecule has 1 rings (SSSR count). The van der Waals surface area contributed by atoms with Crippen LogP contribution in [0.5, 0.6) is 0 Å². The van der Waals surface area contributed by atoms with Crippen LogP contribution in [0.25, 0.3) is 0 Å². The highest BCUT2D eigenvalue weighted by Crippen LogP contribution is 2.22. The van der Waals surface area contributed by atoms with Crippen LogP contribution in [0.4, 0.5) is 13.2 Å². The van der Waals surface area contributed by atoms with Crippen LogP contribution in [0.15, 0.2) is 12.4 Å². The molecule has 0 unspecified atom stereocenters. The van der Waals surface area contributed by atoms with Crippen LogP contribution in [0, 0.1) is 11.3 Å². The van der Waals surface area contributed by atoms with Gasteiger partial charge in [-0.05, 0) is 0 Å². The number of rotatable bonds is 0. The Morgan fingerprint density at radius 3 is 2.55 bits per heavy atom. The molecule has 0 saturated carbocycles. The molecule has 3 nitrogen and oxygen atoms in total. The second kappa shape index (κ2) is 2.27. The Bertz CT molecular complexity index is 293. The Morgan fingerprint density at radius 2 is 2.18 bits per heavy atom. The molecular formula is C5H2F3N3. The van der Waals surface area contributed by atoms with E-state index in [0.29, 0.717) is 6.20 Å². The van der Waals surface area contributed by atoms with Crippen LogP contribution in [-0.4, -0.2) is 9.55 Å². The zero-order valence-corrected chi connectivity index (χ0v) is 5.13. The summed E-state index contributed by atoms with van der Waals surface area (Å²) in [5.41, 5.74) is 0. The van der Waals surface area contributed by atoms with E-state index in [1.165, 1.54) is 6.07 Å². The van der Waals surface area contributed by atoms with Crippen LogP contribution >= 0.6 is 0 Å². The number of aromatic nitrogens is 2. The Labute approximate surface area is 59.7 Å². The largest absolute Gasteiger partial charge is 0.490 e. The van der Waals surface area contributed by atoms with Crippen LogP contribution in [0.1, 0.15) is 5.82 Å². The maximum atomic E-state index is 11.8. The quantitative estimate of drug-likeness (QED) is 0.574. The van der Waals surface area contributed by atoms with Gasteiger partial charge in [0.05, 0.1) is 0 Å². The predicted octanol–water partition coefficient (Wildman–Crippen LogP) is 1.23. The number of nitriles is 1. The average molecular weight is 161 g/mol. The van der Waals surface area contributed by atoms with E-state index in [2.05, 4.69) is 4.98 Å². The minimum Gasteiger partial charge on any atom is -0.232 e. The van der Waals surface area contributed by atoms with Gasteiger partial charge in [0.25, 0.3) is 0 Å². The van der Waals surface area contributed by atoms with Crippen molar-refractivity contribution >= 4 is 0 Å². The topological polar surface area (TPSA) is 41.6 Å². The maximum absolute atomic E-state index is 11.8. The van der Waals surface area contributed by atoms with Crippen LogP contribution in [0.3, 0.4) is 0 Å². The Balaban J connectivity index is 3.15. The Morgan fingerprint density at radius 1 is 1.55 bits per heavy atom. The van der Waals surface area contributed by atoms with Crippen molar-refractivity contribution in [3.63, 3.8) is 0 Å². The third-order valence-corrected chi connectivity index (χ3v) is 1.01. The highest BCUT2D eigenvalue weighted by atomic mass is 19.4. The third-order valence-electron chi connectivity index (χ3n) is 1.01. The van der Waals surface area contributed by atoms with Gasteiger partial charge >= 0.3 is 6.30 Å². The zero-order valence-electron chi connectivity index (χ0n) is 5.13. The van der Waals surface area contributed by atoms with E-state index in [-0.39, 0.29) is 4.57 Å². The Kier molecular flexibility index (Phi) is 1.57. The second-order valence-electron chi connectivity index (χ2n) is 1.70. The molecule has 0 radical (unpaired) electrons. The lowest BCUT2D eigenvalue weighted by Gasteiger charge is -2.06. The smallest absolute Gasteiger partial charge is 0.232 e. The monoisotopic (exact) mass is 161 g/mol. The van der Waals surface area contributed by atoms with Crippen molar-refractivity contribution < 1.29 is 13.2 Å². The second-order valence-corrected chi connectivity index (χ2v) is 1.70. The first kappa shape index (κ1) is 7.60. The molecule has 0 aromatic carbocycles. The van der Waals surface area contributed by atoms with E-state index in [0.717, 1.165) is 6.20 Å². The SMILES string of the molecule is N#Cc1nccn1C(F)(F)F. The van der Waals surface area contributed by atoms with Crippen LogP contribution in [0.2, 0.25) is 0 Å². The summed E-state index contributed by atoms with van der Waals surface area (Å²) in [6.45, 7) is 0. The van der Waals surface area contributed by atoms with Gasteiger partial charge in [-0.25, -0.2) is 9.55 Å². The fourth-order valence-electron chi connectivity index (χ4n) is 0.591. The van der Waals surface area contributed by atoms with Crippen molar-refractivity contribution in [3.05, 3.63) is 18.2 Å². The highest BCUT2D eigenvalue weighted by Gasteiger charge is 2.32. The summed E-state index contributed by atoms with van der Waals surface area (Å²) in [6.07, 6.45) is -2.94. The summed E-state index contributed by atoms with van der Waals surface area (Å²) < 4.78 is 35.4. The molecule has 0 N–H and O–H groups in total. The van der Waals surface area contributed by atoms with Crippen molar-refractivity contribution in [2.24, 2.45) is 0 Å². The zero-order chi connectivity index (χ0) is 8.48. The normalized spacial score (nSPS) is 11.1. The number of hydrogen-bond donors (Lipinski definition) is 0. The first-order valence-electron chi connectivity index (χ1n) is 2.56. The van der Waals surface area contributed by atoms with Gasteiger partial charge in [-0.1, -0.05) is 0 Å². The van der Waals surface area contributed by atoms with Crippen molar-refractivity contribution in [1.29, 1.82) is 5.26 Å². The molecule has 0 spiro atoms. The molecule has 58 valence electrons. The lowest BCUT2D eigenvalue weighted by molar-refractivity contribution is -0.204. The fourth-order valence-corrected chi connectivity index (χ4v) is 0.591. The highest BCUT2D eigenvalue weighted by molar-refractivity contribution is 5.11. The van der Waals surface area contributed by atoms with Crippen molar-refractivity contribution in [2.45, 2.75) is 6.30 Å². The fraction of sp³-hybridized carbons (Fsp3) is 0.200. The summed E-state index contributed by atoms with van der Waals surface area (Å²) in [5.74, 6) is -0.655. The van der Waals surface area contributed by atoms with Gasteiger partial charge in [-0.2, -0.15) is 5.26 Å². The molecular weight excluding hydrogens is 159 g/mol. The first-order chi connectivity index (χ1) is 5.05. The molecule has 1 aromatic heterocycles. The van der Waals surface area contributed by atoms with Gasteiger partial charge in [0.15, 0.2) is 0 Å². The van der Waals surface area contributed by atoms with Gasteiger partial charge in [-0.15, -0.1) is 13.2 Å². The molecule has 0 atom stereocenters. The van der Waals surface area contributed by atoms with Crippen LogP contribution < -0.4 is 0 Å². The van der Waals surface area contributed by atoms with Gasteiger partial charge < -0.3 is 0 Å². The van der Waals surface area contributed by atoms with Crippen molar-refractivity contribution in [2.75, 3.05) is 0 Å². The lowest BCUT2D eigenvalue weighted by Crippen LogP contribution is -2.17. The molecule has 1 heterocycles. The molecule has 0 fully saturated rings. The van der Waals surface area contributed by atoms with E-state index in [1.807, 2.05) is 0 Å². The number of hydrogen-bond acceptors (Lipinski definition) is 2. The first-order valence-corrected chi connectivity index (χ1v) is 2.56. The maximum Gasteiger partial charge on any atom is 0.490 e. The predicted molar refractivity (Wildman–Crippen MR) is 28.2 cm³/mol. The molecule has 0 saturated heterocycles. The van der Waals surface area contributed by atoms with E-state index in [9.17, 15) is 13.2 Å². The molecule has 0 aliphatic heterocycles. The molecule has 6 heteroatoms. The van der Waals surface area contributed by atoms with E-state index in [1.54, 1.807) is 0 Å². The molecule has 11 heavy (non-hydrogen) atoms. The number of halogens is 3. The molecule has 0 aliphatic carbocycles. The van der Waals surface area contributed by atoms with Gasteiger partial charge in [0, 0.05) is 12.4 Å². The number of imidazole rings is 1. The number of nitrogens with zero attached hydrogens (tertiary/aromatic N) is 3. The van der Waals surface area contributed by atoms with Crippen LogP contribution in [-0.2, 0) is 6.30 Å². The standard InChI is InChI=1S/C5H2F3N3/c6-5(7,8)11-2-1-10-4(11)3-9/h1-2H. The lowest BCUT2D eigenvalue weighted by atomic mass is 10.7. The molecule has 0 aliphatic rings. The summed E-state index contributed by atoms with van der Waals surface area (Å²) in [6, 6.07) is 1.31. The minimum absolute atomic E-state index is 0.146. The number of alkyl halides is 3. The van der Waals surface area contributed by atoms with Crippen molar-refractivity contribution in [3.8, 4) is 6.07 Å². The van der Waals surface area contributed by atoms with E-state index >= 15 is 0 Å². The summed E-state index contributed by atoms with van der Waals surface area (Å²) in [4.78, 5) is 3.18. The Hall–Kier alpha value is -1.51. The van der Waals surface area contributed by atoms with Crippen molar-refractivity contribution in [1.82, 2.24) is 9.55 Å². The minimum atomic E-state index is -4.55. The summed E-state index contributed by atoms with van der Waals surface area (Å²) in [5, 5.41) is 8.14. The van der Waals surface area contributed by atoms with Gasteiger partial charge in [0.1, 0.15) is 6.07 Å². The summed E-state index contributed by atoms with van der Waals surface area (Å²) in [7, 11) is 0. The van der Waals surface area contributed by atoms with Gasteiger partial charge in [-0.3, -0.25) is 0 Å². The average Bonchev–Trinajstić information content (AvgIpc) is 2.31. The van der Waals surface area contributed by atoms with E-state index in [4.69, 9.17) is 5.26 Å². The molecule has 0 amide bonds. The summed E-state index contributed by atoms with van der Waals surface area (Å²) >= 11 is 0.